The highest BCUT2D eigenvalue weighted by molar-refractivity contribution is 7.99. The minimum Gasteiger partial charge on any atom is -0.598 e. The van der Waals surface area contributed by atoms with Crippen LogP contribution in [0.1, 0.15) is 52.9 Å². The van der Waals surface area contributed by atoms with Gasteiger partial charge in [0, 0.05) is 61.2 Å². The number of aryl methyl sites for hydroxylation is 1. The summed E-state index contributed by atoms with van der Waals surface area (Å²) < 4.78 is 19.7. The van der Waals surface area contributed by atoms with Crippen LogP contribution in [0.2, 0.25) is 0 Å². The van der Waals surface area contributed by atoms with Gasteiger partial charge < -0.3 is 14.0 Å². The van der Waals surface area contributed by atoms with Gasteiger partial charge in [-0.05, 0) is 64.0 Å². The number of anilines is 1. The maximum Gasteiger partial charge on any atom is 0.268 e. The second-order valence-corrected chi connectivity index (χ2v) is 14.2. The SMILES string of the molecule is Cn1c(N2CCC3(CCC[C@H]3N[S@+]([O-])C(C)(C)C)CC2)ncc(Sc2ccnc3c2ccn3C)c1=O. The lowest BCUT2D eigenvalue weighted by atomic mass is 9.74. The monoisotopic (exact) mass is 528 g/mol. The molecule has 2 atom stereocenters. The molecule has 0 amide bonds. The number of nitrogens with zero attached hydrogens (tertiary/aromatic N) is 5. The summed E-state index contributed by atoms with van der Waals surface area (Å²) in [4.78, 5) is 26.3. The van der Waals surface area contributed by atoms with Crippen molar-refractivity contribution in [2.24, 2.45) is 19.5 Å². The van der Waals surface area contributed by atoms with E-state index in [4.69, 9.17) is 4.98 Å². The smallest absolute Gasteiger partial charge is 0.268 e. The summed E-state index contributed by atoms with van der Waals surface area (Å²) in [7, 11) is 3.78. The second kappa shape index (κ2) is 9.70. The first-order valence-corrected chi connectivity index (χ1v) is 14.6. The van der Waals surface area contributed by atoms with Gasteiger partial charge in [-0.25, -0.2) is 9.97 Å². The van der Waals surface area contributed by atoms with Crippen molar-refractivity contribution < 1.29 is 4.55 Å². The zero-order valence-electron chi connectivity index (χ0n) is 21.8. The van der Waals surface area contributed by atoms with Gasteiger partial charge in [-0.15, -0.1) is 4.72 Å². The molecule has 8 nitrogen and oxygen atoms in total. The maximum absolute atomic E-state index is 13.3. The van der Waals surface area contributed by atoms with E-state index in [-0.39, 0.29) is 21.8 Å². The van der Waals surface area contributed by atoms with Crippen molar-refractivity contribution in [2.75, 3.05) is 18.0 Å². The molecule has 10 heteroatoms. The molecule has 4 heterocycles. The largest absolute Gasteiger partial charge is 0.598 e. The third kappa shape index (κ3) is 4.68. The number of hydrogen-bond donors (Lipinski definition) is 1. The molecule has 36 heavy (non-hydrogen) atoms. The molecular formula is C26H36N6O2S2. The predicted octanol–water partition coefficient (Wildman–Crippen LogP) is 4.01. The Labute approximate surface area is 220 Å². The Morgan fingerprint density at radius 3 is 2.61 bits per heavy atom. The highest BCUT2D eigenvalue weighted by atomic mass is 32.2. The molecule has 1 aliphatic heterocycles. The van der Waals surface area contributed by atoms with Gasteiger partial charge >= 0.3 is 0 Å². The van der Waals surface area contributed by atoms with Gasteiger partial charge in [-0.3, -0.25) is 9.36 Å². The van der Waals surface area contributed by atoms with E-state index in [0.29, 0.717) is 4.90 Å². The van der Waals surface area contributed by atoms with E-state index in [0.717, 1.165) is 54.2 Å². The molecule has 0 bridgehead atoms. The van der Waals surface area contributed by atoms with Crippen LogP contribution < -0.4 is 15.2 Å². The molecule has 1 saturated heterocycles. The Kier molecular flexibility index (Phi) is 6.91. The van der Waals surface area contributed by atoms with Gasteiger partial charge in [-0.2, -0.15) is 0 Å². The first-order chi connectivity index (χ1) is 17.1. The topological polar surface area (TPSA) is 91.0 Å². The van der Waals surface area contributed by atoms with E-state index in [1.165, 1.54) is 24.6 Å². The van der Waals surface area contributed by atoms with Crippen molar-refractivity contribution >= 4 is 40.1 Å². The Balaban J connectivity index is 1.31. The first-order valence-electron chi connectivity index (χ1n) is 12.7. The Morgan fingerprint density at radius 2 is 1.89 bits per heavy atom. The number of pyridine rings is 1. The van der Waals surface area contributed by atoms with Crippen LogP contribution in [0, 0.1) is 5.41 Å². The summed E-state index contributed by atoms with van der Waals surface area (Å²) in [6.07, 6.45) is 10.9. The normalized spacial score (nSPS) is 20.9. The molecule has 3 aromatic heterocycles. The fourth-order valence-electron chi connectivity index (χ4n) is 5.60. The molecule has 2 aliphatic rings. The van der Waals surface area contributed by atoms with Crippen LogP contribution in [0.5, 0.6) is 0 Å². The van der Waals surface area contributed by atoms with Crippen molar-refractivity contribution in [1.82, 2.24) is 23.8 Å². The van der Waals surface area contributed by atoms with E-state index < -0.39 is 11.4 Å². The zero-order chi connectivity index (χ0) is 25.7. The van der Waals surface area contributed by atoms with E-state index in [9.17, 15) is 9.35 Å². The Morgan fingerprint density at radius 1 is 1.14 bits per heavy atom. The molecule has 5 rings (SSSR count). The molecule has 194 valence electrons. The number of hydrogen-bond acceptors (Lipinski definition) is 7. The van der Waals surface area contributed by atoms with Crippen LogP contribution in [0.25, 0.3) is 11.0 Å². The van der Waals surface area contributed by atoms with Gasteiger partial charge in [0.1, 0.15) is 10.4 Å². The van der Waals surface area contributed by atoms with Gasteiger partial charge in [0.05, 0.1) is 17.1 Å². The fourth-order valence-corrected chi connectivity index (χ4v) is 7.55. The molecule has 1 N–H and O–H groups in total. The van der Waals surface area contributed by atoms with Crippen LogP contribution in [-0.4, -0.2) is 47.5 Å². The third-order valence-corrected chi connectivity index (χ3v) is 10.5. The second-order valence-electron chi connectivity index (χ2n) is 11.2. The molecule has 1 saturated carbocycles. The van der Waals surface area contributed by atoms with E-state index >= 15 is 0 Å². The minimum atomic E-state index is -1.06. The molecule has 1 aliphatic carbocycles. The van der Waals surface area contributed by atoms with Crippen LogP contribution in [0.3, 0.4) is 0 Å². The van der Waals surface area contributed by atoms with Gasteiger partial charge in [0.2, 0.25) is 5.95 Å². The summed E-state index contributed by atoms with van der Waals surface area (Å²) in [5.41, 5.74) is 1.04. The number of piperidine rings is 1. The standard InChI is InChI=1S/C26H36N6O2S2/c1-25(2,3)36(34)29-21-7-6-10-26(21)11-15-32(16-12-26)24-28-17-20(23(33)31(24)5)35-19-8-13-27-22-18(19)9-14-30(22)4/h8-9,13-14,17,21,29H,6-7,10-12,15-16H2,1-5H3/t21-,36-/m1/s1. The summed E-state index contributed by atoms with van der Waals surface area (Å²) in [5.74, 6) is 0.722. The fraction of sp³-hybridized carbons (Fsp3) is 0.577. The molecule has 0 unspecified atom stereocenters. The number of rotatable bonds is 5. The molecule has 1 spiro atoms. The Hall–Kier alpha value is -2.01. The van der Waals surface area contributed by atoms with Gasteiger partial charge in [-0.1, -0.05) is 18.2 Å². The highest BCUT2D eigenvalue weighted by Crippen LogP contribution is 2.47. The van der Waals surface area contributed by atoms with Gasteiger partial charge in [0.25, 0.3) is 5.56 Å². The molecule has 0 aromatic carbocycles. The zero-order valence-corrected chi connectivity index (χ0v) is 23.4. The summed E-state index contributed by atoms with van der Waals surface area (Å²) in [6, 6.07) is 4.26. The van der Waals surface area contributed by atoms with E-state index in [1.54, 1.807) is 17.0 Å². The van der Waals surface area contributed by atoms with Crippen LogP contribution >= 0.6 is 11.8 Å². The minimum absolute atomic E-state index is 0.0350. The van der Waals surface area contributed by atoms with Crippen molar-refractivity contribution in [3.63, 3.8) is 0 Å². The summed E-state index contributed by atoms with van der Waals surface area (Å²) >= 11 is 0.382. The lowest BCUT2D eigenvalue weighted by Gasteiger charge is -2.44. The third-order valence-electron chi connectivity index (χ3n) is 7.81. The molecular weight excluding hydrogens is 492 g/mol. The Bertz CT molecular complexity index is 1310. The average Bonchev–Trinajstić information content (AvgIpc) is 3.41. The number of nitrogens with one attached hydrogen (secondary N) is 1. The summed E-state index contributed by atoms with van der Waals surface area (Å²) in [6.45, 7) is 7.76. The van der Waals surface area contributed by atoms with Crippen molar-refractivity contribution in [3.8, 4) is 0 Å². The molecule has 2 fully saturated rings. The summed E-state index contributed by atoms with van der Waals surface area (Å²) in [5, 5.41) is 1.03. The van der Waals surface area contributed by atoms with Crippen molar-refractivity contribution in [3.05, 3.63) is 41.1 Å². The van der Waals surface area contributed by atoms with Crippen LogP contribution in [0.4, 0.5) is 5.95 Å². The van der Waals surface area contributed by atoms with Crippen molar-refractivity contribution in [1.29, 1.82) is 0 Å². The number of aromatic nitrogens is 4. The first kappa shape index (κ1) is 25.6. The van der Waals surface area contributed by atoms with Crippen molar-refractivity contribution in [2.45, 2.75) is 73.5 Å². The molecule has 0 radical (unpaired) electrons. The highest BCUT2D eigenvalue weighted by Gasteiger charge is 2.48. The van der Waals surface area contributed by atoms with E-state index in [1.807, 2.05) is 57.8 Å². The maximum atomic E-state index is 13.3. The van der Waals surface area contributed by atoms with Crippen LogP contribution in [-0.2, 0) is 25.5 Å². The quantitative estimate of drug-likeness (QED) is 0.501. The van der Waals surface area contributed by atoms with Crippen LogP contribution in [0.15, 0.2) is 45.3 Å². The average molecular weight is 529 g/mol. The molecule has 3 aromatic rings. The van der Waals surface area contributed by atoms with E-state index in [2.05, 4.69) is 14.6 Å². The number of fused-ring (bicyclic) bond motifs is 1. The lowest BCUT2D eigenvalue weighted by molar-refractivity contribution is 0.185. The lowest BCUT2D eigenvalue weighted by Crippen LogP contribution is -2.53. The van der Waals surface area contributed by atoms with Gasteiger partial charge in [0.15, 0.2) is 0 Å². The predicted molar refractivity (Wildman–Crippen MR) is 147 cm³/mol.